The van der Waals surface area contributed by atoms with Gasteiger partial charge >= 0.3 is 11.9 Å². The standard InChI is InChI=1S/C77H130O5/c1-3-5-7-9-11-13-15-17-19-21-23-25-27-29-31-33-34-35-36-37-38-39-40-41-42-44-46-48-50-52-54-56-58-60-62-64-66-68-70-72-77(80)82-75(73-78)74-81-76(79)71-69-67-65-63-61-59-57-55-53-51-49-47-45-43-32-30-28-26-24-22-20-18-16-14-12-10-8-6-4-2/h5,7,11,13,16-19,22-25,28-31,34-35,37-38,40-41,75,78H,3-4,6,8-10,12,14-15,20-21,26-27,32-33,36,39,42-74H2,1-2H3/b7-5-,13-11-,18-16-,19-17-,24-22-,25-23-,30-28-,31-29-,35-34-,38-37-,41-40-. The molecule has 0 rings (SSSR count). The minimum atomic E-state index is -0.781. The van der Waals surface area contributed by atoms with Crippen molar-refractivity contribution < 1.29 is 24.2 Å². The van der Waals surface area contributed by atoms with Crippen LogP contribution in [0, 0.1) is 0 Å². The number of ether oxygens (including phenoxy) is 2. The fraction of sp³-hybridized carbons (Fsp3) is 0.688. The van der Waals surface area contributed by atoms with Gasteiger partial charge in [0, 0.05) is 12.8 Å². The summed E-state index contributed by atoms with van der Waals surface area (Å²) in [5.41, 5.74) is 0. The number of aliphatic hydroxyl groups excluding tert-OH is 1. The van der Waals surface area contributed by atoms with Crippen molar-refractivity contribution in [2.45, 2.75) is 328 Å². The van der Waals surface area contributed by atoms with Crippen LogP contribution < -0.4 is 0 Å². The Morgan fingerprint density at radius 1 is 0.293 bits per heavy atom. The van der Waals surface area contributed by atoms with Crippen LogP contribution in [0.25, 0.3) is 0 Å². The second kappa shape index (κ2) is 71.3. The molecular weight excluding hydrogens is 1000 g/mol. The first-order chi connectivity index (χ1) is 40.6. The lowest BCUT2D eigenvalue weighted by atomic mass is 10.0. The second-order valence-corrected chi connectivity index (χ2v) is 22.9. The zero-order chi connectivity index (χ0) is 59.1. The predicted molar refractivity (Wildman–Crippen MR) is 361 cm³/mol. The number of allylic oxidation sites excluding steroid dienone is 22. The summed E-state index contributed by atoms with van der Waals surface area (Å²) < 4.78 is 10.8. The van der Waals surface area contributed by atoms with Crippen LogP contribution in [-0.4, -0.2) is 36.4 Å². The first kappa shape index (κ1) is 78.0. The molecule has 5 nitrogen and oxygen atoms in total. The van der Waals surface area contributed by atoms with Gasteiger partial charge in [-0.3, -0.25) is 9.59 Å². The van der Waals surface area contributed by atoms with E-state index < -0.39 is 6.10 Å². The molecule has 0 aliphatic heterocycles. The van der Waals surface area contributed by atoms with E-state index in [0.717, 1.165) is 103 Å². The van der Waals surface area contributed by atoms with Gasteiger partial charge in [0.2, 0.25) is 0 Å². The summed E-state index contributed by atoms with van der Waals surface area (Å²) in [6, 6.07) is 0. The first-order valence-electron chi connectivity index (χ1n) is 34.7. The summed E-state index contributed by atoms with van der Waals surface area (Å²) in [6.45, 7) is 4.04. The largest absolute Gasteiger partial charge is 0.462 e. The molecule has 0 spiro atoms. The van der Waals surface area contributed by atoms with E-state index >= 15 is 0 Å². The fourth-order valence-corrected chi connectivity index (χ4v) is 9.76. The molecule has 0 aromatic carbocycles. The monoisotopic (exact) mass is 1130 g/mol. The number of rotatable bonds is 63. The highest BCUT2D eigenvalue weighted by Gasteiger charge is 2.16. The van der Waals surface area contributed by atoms with Crippen LogP contribution in [0.1, 0.15) is 322 Å². The fourth-order valence-electron chi connectivity index (χ4n) is 9.76. The molecule has 5 heteroatoms. The third-order valence-electron chi connectivity index (χ3n) is 14.9. The predicted octanol–water partition coefficient (Wildman–Crippen LogP) is 24.3. The van der Waals surface area contributed by atoms with Gasteiger partial charge < -0.3 is 14.6 Å². The normalized spacial score (nSPS) is 13.1. The Labute approximate surface area is 508 Å². The maximum Gasteiger partial charge on any atom is 0.306 e. The second-order valence-electron chi connectivity index (χ2n) is 22.9. The minimum Gasteiger partial charge on any atom is -0.462 e. The molecule has 0 saturated heterocycles. The molecule has 1 N–H and O–H groups in total. The van der Waals surface area contributed by atoms with Crippen molar-refractivity contribution in [1.29, 1.82) is 0 Å². The number of carbonyl (C=O) groups excluding carboxylic acids is 2. The number of unbranched alkanes of at least 4 members (excludes halogenated alkanes) is 33. The third-order valence-corrected chi connectivity index (χ3v) is 14.9. The van der Waals surface area contributed by atoms with Crippen LogP contribution in [0.2, 0.25) is 0 Å². The van der Waals surface area contributed by atoms with Crippen molar-refractivity contribution in [1.82, 2.24) is 0 Å². The molecule has 0 fully saturated rings. The summed E-state index contributed by atoms with van der Waals surface area (Å²) >= 11 is 0. The van der Waals surface area contributed by atoms with Gasteiger partial charge in [0.15, 0.2) is 6.10 Å². The highest BCUT2D eigenvalue weighted by molar-refractivity contribution is 5.70. The molecule has 0 aliphatic carbocycles. The first-order valence-corrected chi connectivity index (χ1v) is 34.7. The number of carbonyl (C=O) groups is 2. The molecule has 0 aliphatic rings. The van der Waals surface area contributed by atoms with Crippen LogP contribution in [0.15, 0.2) is 134 Å². The number of hydrogen-bond donors (Lipinski definition) is 1. The maximum absolute atomic E-state index is 12.4. The highest BCUT2D eigenvalue weighted by Crippen LogP contribution is 2.17. The van der Waals surface area contributed by atoms with Crippen LogP contribution in [-0.2, 0) is 19.1 Å². The molecule has 0 bridgehead atoms. The summed E-state index contributed by atoms with van der Waals surface area (Å²) in [4.78, 5) is 24.7. The zero-order valence-corrected chi connectivity index (χ0v) is 53.7. The van der Waals surface area contributed by atoms with Crippen LogP contribution in [0.5, 0.6) is 0 Å². The zero-order valence-electron chi connectivity index (χ0n) is 53.7. The summed E-state index contributed by atoms with van der Waals surface area (Å²) in [5.74, 6) is -0.587. The Hall–Kier alpha value is -3.96. The molecule has 0 amide bonds. The van der Waals surface area contributed by atoms with Gasteiger partial charge in [0.05, 0.1) is 6.61 Å². The van der Waals surface area contributed by atoms with Gasteiger partial charge in [0.25, 0.3) is 0 Å². The third kappa shape index (κ3) is 68.5. The average Bonchev–Trinajstić information content (AvgIpc) is 3.49. The molecule has 1 unspecified atom stereocenters. The van der Waals surface area contributed by atoms with Gasteiger partial charge in [-0.05, 0) is 116 Å². The van der Waals surface area contributed by atoms with E-state index in [1.165, 1.54) is 193 Å². The maximum atomic E-state index is 12.4. The van der Waals surface area contributed by atoms with Crippen molar-refractivity contribution in [3.8, 4) is 0 Å². The van der Waals surface area contributed by atoms with Gasteiger partial charge in [-0.15, -0.1) is 0 Å². The molecule has 1 atom stereocenters. The lowest BCUT2D eigenvalue weighted by Crippen LogP contribution is -2.28. The molecule has 82 heavy (non-hydrogen) atoms. The van der Waals surface area contributed by atoms with Crippen molar-refractivity contribution in [2.75, 3.05) is 13.2 Å². The van der Waals surface area contributed by atoms with Crippen molar-refractivity contribution in [3.05, 3.63) is 134 Å². The van der Waals surface area contributed by atoms with Crippen LogP contribution in [0.3, 0.4) is 0 Å². The molecule has 0 aromatic rings. The molecule has 468 valence electrons. The van der Waals surface area contributed by atoms with E-state index in [9.17, 15) is 14.7 Å². The number of hydrogen-bond acceptors (Lipinski definition) is 5. The van der Waals surface area contributed by atoms with Crippen molar-refractivity contribution in [2.24, 2.45) is 0 Å². The van der Waals surface area contributed by atoms with E-state index in [1.54, 1.807) is 0 Å². The van der Waals surface area contributed by atoms with Gasteiger partial charge in [0.1, 0.15) is 6.61 Å². The summed E-state index contributed by atoms with van der Waals surface area (Å²) in [5, 5.41) is 9.70. The van der Waals surface area contributed by atoms with Gasteiger partial charge in [-0.25, -0.2) is 0 Å². The van der Waals surface area contributed by atoms with Gasteiger partial charge in [-0.1, -0.05) is 327 Å². The number of esters is 2. The lowest BCUT2D eigenvalue weighted by Gasteiger charge is -2.15. The van der Waals surface area contributed by atoms with E-state index in [0.29, 0.717) is 12.8 Å². The molecule has 0 heterocycles. The average molecular weight is 1140 g/mol. The Balaban J connectivity index is 3.50. The topological polar surface area (TPSA) is 72.8 Å². The molecule has 0 radical (unpaired) electrons. The summed E-state index contributed by atoms with van der Waals surface area (Å²) in [6.07, 6.45) is 106. The Bertz CT molecular complexity index is 1670. The Kier molecular flexibility index (Phi) is 67.9. The van der Waals surface area contributed by atoms with E-state index in [-0.39, 0.29) is 25.2 Å². The lowest BCUT2D eigenvalue weighted by molar-refractivity contribution is -0.161. The molecular formula is C77H130O5. The van der Waals surface area contributed by atoms with Crippen LogP contribution >= 0.6 is 0 Å². The van der Waals surface area contributed by atoms with Crippen molar-refractivity contribution >= 4 is 11.9 Å². The van der Waals surface area contributed by atoms with E-state index in [2.05, 4.69) is 148 Å². The quantitative estimate of drug-likeness (QED) is 0.0373. The van der Waals surface area contributed by atoms with E-state index in [4.69, 9.17) is 9.47 Å². The van der Waals surface area contributed by atoms with Crippen molar-refractivity contribution in [3.63, 3.8) is 0 Å². The summed E-state index contributed by atoms with van der Waals surface area (Å²) in [7, 11) is 0. The SMILES string of the molecule is CC/C=C\C/C=C\C/C=C\C/C=C\C/C=C\C/C=C\C/C=C\C/C=C\CCCCCCCCCCCCCCCCC(=O)OC(CO)COC(=O)CCCCCCCCCCCCCCCC/C=C\C/C=C\C/C=C\CCCCCCC. The molecule has 0 saturated carbocycles. The Morgan fingerprint density at radius 3 is 0.793 bits per heavy atom. The van der Waals surface area contributed by atoms with Crippen LogP contribution in [0.4, 0.5) is 0 Å². The molecule has 0 aromatic heterocycles. The minimum absolute atomic E-state index is 0.0699. The smallest absolute Gasteiger partial charge is 0.306 e. The highest BCUT2D eigenvalue weighted by atomic mass is 16.6. The number of aliphatic hydroxyl groups is 1. The van der Waals surface area contributed by atoms with E-state index in [1.807, 2.05) is 0 Å². The van der Waals surface area contributed by atoms with Gasteiger partial charge in [-0.2, -0.15) is 0 Å². The Morgan fingerprint density at radius 2 is 0.524 bits per heavy atom.